The molecule has 0 radical (unpaired) electrons. The molecule has 50 heavy (non-hydrogen) atoms. The molecule has 5 aliphatic rings. The average Bonchev–Trinajstić information content (AvgIpc) is 3.84. The van der Waals surface area contributed by atoms with Crippen LogP contribution in [0.1, 0.15) is 79.7 Å². The minimum absolute atomic E-state index is 0.0380. The molecule has 3 N–H and O–H groups in total. The second kappa shape index (κ2) is 12.4. The van der Waals surface area contributed by atoms with Crippen molar-refractivity contribution in [3.05, 3.63) is 89.0 Å². The van der Waals surface area contributed by atoms with E-state index in [1.165, 1.54) is 25.0 Å². The van der Waals surface area contributed by atoms with Crippen molar-refractivity contribution in [3.63, 3.8) is 0 Å². The monoisotopic (exact) mass is 692 g/mol. The SMILES string of the molecule is CN(CCC[C@]1(O)CC[C@@]2(O)[C@H]3Cc4ccc(O)c5c4[C@@]2(CCN3CC2CC2)C1O5)CCC(Oc1ccc(C(F)(F)F)cc1)c1ccccc1. The number of aromatic hydroxyl groups is 1. The first-order valence-corrected chi connectivity index (χ1v) is 18.2. The van der Waals surface area contributed by atoms with Crippen LogP contribution in [0.3, 0.4) is 0 Å². The number of halogens is 3. The highest BCUT2D eigenvalue weighted by atomic mass is 19.4. The van der Waals surface area contributed by atoms with Crippen molar-refractivity contribution in [2.45, 2.75) is 98.8 Å². The molecular formula is C40H47F3N2O5. The van der Waals surface area contributed by atoms with E-state index in [2.05, 4.69) is 9.80 Å². The molecule has 2 saturated carbocycles. The fraction of sp³-hybridized carbons (Fsp3) is 0.550. The van der Waals surface area contributed by atoms with E-state index in [4.69, 9.17) is 9.47 Å². The second-order valence-corrected chi connectivity index (χ2v) is 15.6. The molecule has 2 unspecified atom stereocenters. The molecule has 0 amide bonds. The number of ether oxygens (including phenoxy) is 2. The van der Waals surface area contributed by atoms with Gasteiger partial charge < -0.3 is 29.7 Å². The van der Waals surface area contributed by atoms with Gasteiger partial charge in [0.1, 0.15) is 23.6 Å². The number of aliphatic hydroxyl groups is 2. The van der Waals surface area contributed by atoms with Gasteiger partial charge in [-0.2, -0.15) is 13.2 Å². The number of hydrogen-bond acceptors (Lipinski definition) is 7. The predicted octanol–water partition coefficient (Wildman–Crippen LogP) is 6.63. The number of likely N-dealkylation sites (tertiary alicyclic amines) is 1. The molecule has 8 rings (SSSR count). The second-order valence-electron chi connectivity index (χ2n) is 15.6. The maximum Gasteiger partial charge on any atom is 0.416 e. The minimum atomic E-state index is -4.41. The van der Waals surface area contributed by atoms with Gasteiger partial charge in [-0.3, -0.25) is 4.90 Å². The molecule has 3 aliphatic carbocycles. The third kappa shape index (κ3) is 5.67. The number of nitrogens with zero attached hydrogens (tertiary/aromatic N) is 2. The Morgan fingerprint density at radius 1 is 0.980 bits per heavy atom. The molecule has 2 bridgehead atoms. The van der Waals surface area contributed by atoms with Crippen molar-refractivity contribution in [1.82, 2.24) is 9.80 Å². The van der Waals surface area contributed by atoms with Gasteiger partial charge in [0.15, 0.2) is 11.5 Å². The van der Waals surface area contributed by atoms with Gasteiger partial charge >= 0.3 is 6.18 Å². The Morgan fingerprint density at radius 3 is 2.46 bits per heavy atom. The molecule has 2 aliphatic heterocycles. The molecule has 10 heteroatoms. The largest absolute Gasteiger partial charge is 0.504 e. The standard InChI is InChI=1S/C40H47F3N2O5/c1-44(22-16-32(27-6-3-2-4-7-27)49-30-13-11-29(12-14-30)40(41,42)43)21-5-17-37(47)18-19-39(48)33-24-28-10-15-31(46)35-34(28)38(39,36(37)50-35)20-23-45(33)25-26-8-9-26/h2-4,6-7,10-15,26,32-33,36,46-48H,5,8-9,16-25H2,1H3/t32?,33-,36?,37+,38+,39-/m1/s1. The Labute approximate surface area is 291 Å². The number of rotatable bonds is 12. The quantitative estimate of drug-likeness (QED) is 0.197. The van der Waals surface area contributed by atoms with Gasteiger partial charge in [-0.1, -0.05) is 36.4 Å². The summed E-state index contributed by atoms with van der Waals surface area (Å²) in [5.74, 6) is 1.60. The van der Waals surface area contributed by atoms with Crippen LogP contribution in [0.5, 0.6) is 17.2 Å². The van der Waals surface area contributed by atoms with Crippen molar-refractivity contribution in [2.24, 2.45) is 5.92 Å². The van der Waals surface area contributed by atoms with E-state index in [1.54, 1.807) is 6.07 Å². The summed E-state index contributed by atoms with van der Waals surface area (Å²) in [5.41, 5.74) is -0.714. The Bertz CT molecular complexity index is 1700. The molecule has 3 aromatic carbocycles. The van der Waals surface area contributed by atoms with Gasteiger partial charge in [-0.25, -0.2) is 0 Å². The summed E-state index contributed by atoms with van der Waals surface area (Å²) in [5, 5.41) is 36.1. The maximum atomic E-state index is 13.1. The van der Waals surface area contributed by atoms with E-state index >= 15 is 0 Å². The van der Waals surface area contributed by atoms with E-state index in [1.807, 2.05) is 43.4 Å². The van der Waals surface area contributed by atoms with Crippen LogP contribution >= 0.6 is 0 Å². The van der Waals surface area contributed by atoms with Crippen LogP contribution in [-0.4, -0.2) is 81.7 Å². The maximum absolute atomic E-state index is 13.1. The fourth-order valence-electron chi connectivity index (χ4n) is 9.79. The molecular weight excluding hydrogens is 645 g/mol. The van der Waals surface area contributed by atoms with Gasteiger partial charge in [0.25, 0.3) is 0 Å². The number of piperidine rings is 1. The molecule has 2 heterocycles. The number of hydrogen-bond donors (Lipinski definition) is 3. The third-order valence-electron chi connectivity index (χ3n) is 12.5. The molecule has 3 fully saturated rings. The first kappa shape index (κ1) is 33.8. The smallest absolute Gasteiger partial charge is 0.416 e. The lowest BCUT2D eigenvalue weighted by molar-refractivity contribution is -0.237. The highest BCUT2D eigenvalue weighted by molar-refractivity contribution is 5.63. The van der Waals surface area contributed by atoms with Crippen LogP contribution in [0, 0.1) is 5.92 Å². The van der Waals surface area contributed by atoms with Crippen LogP contribution in [0.15, 0.2) is 66.7 Å². The van der Waals surface area contributed by atoms with Crippen molar-refractivity contribution in [3.8, 4) is 17.2 Å². The highest BCUT2D eigenvalue weighted by Gasteiger charge is 2.75. The van der Waals surface area contributed by atoms with Gasteiger partial charge in [0.2, 0.25) is 0 Å². The molecule has 1 spiro atoms. The fourth-order valence-corrected chi connectivity index (χ4v) is 9.79. The van der Waals surface area contributed by atoms with Crippen LogP contribution in [-0.2, 0) is 18.0 Å². The zero-order valence-electron chi connectivity index (χ0n) is 28.5. The molecule has 7 nitrogen and oxygen atoms in total. The lowest BCUT2D eigenvalue weighted by atomic mass is 9.46. The molecule has 6 atom stereocenters. The van der Waals surface area contributed by atoms with Gasteiger partial charge in [-0.05, 0) is 119 Å². The lowest BCUT2D eigenvalue weighted by Gasteiger charge is -2.65. The molecule has 268 valence electrons. The summed E-state index contributed by atoms with van der Waals surface area (Å²) in [6, 6.07) is 18.1. The van der Waals surface area contributed by atoms with Crippen molar-refractivity contribution >= 4 is 0 Å². The number of phenols is 1. The highest BCUT2D eigenvalue weighted by Crippen LogP contribution is 2.67. The van der Waals surface area contributed by atoms with E-state index < -0.39 is 34.5 Å². The van der Waals surface area contributed by atoms with Gasteiger partial charge in [0, 0.05) is 31.1 Å². The summed E-state index contributed by atoms with van der Waals surface area (Å²) < 4.78 is 52.2. The zero-order chi connectivity index (χ0) is 34.9. The molecule has 3 aromatic rings. The van der Waals surface area contributed by atoms with Crippen LogP contribution < -0.4 is 9.47 Å². The first-order valence-electron chi connectivity index (χ1n) is 18.2. The third-order valence-corrected chi connectivity index (χ3v) is 12.5. The van der Waals surface area contributed by atoms with E-state index in [0.29, 0.717) is 69.0 Å². The summed E-state index contributed by atoms with van der Waals surface area (Å²) in [6.45, 7) is 3.22. The Hall–Kier alpha value is -3.31. The van der Waals surface area contributed by atoms with Crippen LogP contribution in [0.25, 0.3) is 0 Å². The summed E-state index contributed by atoms with van der Waals surface area (Å²) >= 11 is 0. The van der Waals surface area contributed by atoms with E-state index in [0.717, 1.165) is 48.3 Å². The number of phenolic OH excluding ortho intramolecular Hbond substituents is 1. The van der Waals surface area contributed by atoms with Crippen LogP contribution in [0.2, 0.25) is 0 Å². The number of alkyl halides is 3. The van der Waals surface area contributed by atoms with Crippen molar-refractivity contribution < 1.29 is 38.0 Å². The Morgan fingerprint density at radius 2 is 1.74 bits per heavy atom. The molecule has 0 aromatic heterocycles. The minimum Gasteiger partial charge on any atom is -0.504 e. The van der Waals surface area contributed by atoms with E-state index in [9.17, 15) is 28.5 Å². The Kier molecular flexibility index (Phi) is 8.40. The average molecular weight is 693 g/mol. The van der Waals surface area contributed by atoms with Crippen molar-refractivity contribution in [2.75, 3.05) is 33.2 Å². The first-order chi connectivity index (χ1) is 23.9. The van der Waals surface area contributed by atoms with Crippen LogP contribution in [0.4, 0.5) is 13.2 Å². The van der Waals surface area contributed by atoms with Gasteiger partial charge in [-0.15, -0.1) is 0 Å². The lowest BCUT2D eigenvalue weighted by Crippen LogP contribution is -2.79. The summed E-state index contributed by atoms with van der Waals surface area (Å²) in [7, 11) is 2.02. The van der Waals surface area contributed by atoms with Gasteiger partial charge in [0.05, 0.1) is 16.6 Å². The molecule has 1 saturated heterocycles. The normalized spacial score (nSPS) is 30.5. The summed E-state index contributed by atoms with van der Waals surface area (Å²) in [6.07, 6.45) is 1.21. The summed E-state index contributed by atoms with van der Waals surface area (Å²) in [4.78, 5) is 4.69. The Balaban J connectivity index is 0.946. The topological polar surface area (TPSA) is 85.6 Å². The predicted molar refractivity (Wildman–Crippen MR) is 182 cm³/mol. The van der Waals surface area contributed by atoms with E-state index in [-0.39, 0.29) is 17.9 Å². The zero-order valence-corrected chi connectivity index (χ0v) is 28.5. The number of benzene rings is 3. The van der Waals surface area contributed by atoms with Crippen molar-refractivity contribution in [1.29, 1.82) is 0 Å².